The van der Waals surface area contributed by atoms with Crippen LogP contribution in [-0.4, -0.2) is 40.3 Å². The van der Waals surface area contributed by atoms with Gasteiger partial charge in [0.05, 0.1) is 0 Å². The topological polar surface area (TPSA) is 81.6 Å². The first-order valence-electron chi connectivity index (χ1n) is 7.38. The lowest BCUT2D eigenvalue weighted by molar-refractivity contribution is 0.0427. The summed E-state index contributed by atoms with van der Waals surface area (Å²) in [4.78, 5) is 31.8. The summed E-state index contributed by atoms with van der Waals surface area (Å²) in [5.74, 6) is -0.577. The van der Waals surface area contributed by atoms with Crippen LogP contribution < -0.4 is 10.4 Å². The number of imide groups is 1. The summed E-state index contributed by atoms with van der Waals surface area (Å²) in [7, 11) is 0. The lowest BCUT2D eigenvalue weighted by Gasteiger charge is -2.27. The van der Waals surface area contributed by atoms with Crippen LogP contribution in [0, 0.1) is 0 Å². The minimum atomic E-state index is -5.30. The summed E-state index contributed by atoms with van der Waals surface area (Å²) in [6, 6.07) is 0. The standard InChI is InChI=1S/C14H20BF3N3O4/c1-13(2,3)24-11(22)21(12(23)25-14(4,5)6)10-19-7-9(8-20-10)15(16,17)18/h7-8H,1-6H3/q-1. The highest BCUT2D eigenvalue weighted by Crippen LogP contribution is 2.18. The number of carbonyl (C=O) groups excluding carboxylic acids is 2. The molecule has 2 amide bonds. The van der Waals surface area contributed by atoms with Crippen molar-refractivity contribution in [1.29, 1.82) is 0 Å². The van der Waals surface area contributed by atoms with E-state index in [4.69, 9.17) is 9.47 Å². The highest BCUT2D eigenvalue weighted by Gasteiger charge is 2.35. The minimum Gasteiger partial charge on any atom is -0.445 e. The van der Waals surface area contributed by atoms with Crippen molar-refractivity contribution in [3.63, 3.8) is 0 Å². The zero-order valence-corrected chi connectivity index (χ0v) is 14.8. The molecule has 0 aliphatic heterocycles. The van der Waals surface area contributed by atoms with Crippen molar-refractivity contribution in [3.05, 3.63) is 12.4 Å². The molecule has 0 saturated carbocycles. The van der Waals surface area contributed by atoms with Gasteiger partial charge in [-0.3, -0.25) is 0 Å². The van der Waals surface area contributed by atoms with Gasteiger partial charge in [-0.25, -0.2) is 19.6 Å². The first kappa shape index (κ1) is 20.7. The van der Waals surface area contributed by atoms with Crippen molar-refractivity contribution in [2.24, 2.45) is 0 Å². The van der Waals surface area contributed by atoms with Crippen LogP contribution in [0.1, 0.15) is 41.5 Å². The van der Waals surface area contributed by atoms with Gasteiger partial charge in [0.15, 0.2) is 0 Å². The molecule has 0 N–H and O–H groups in total. The Labute approximate surface area is 143 Å². The number of hydrogen-bond donors (Lipinski definition) is 0. The molecule has 7 nitrogen and oxygen atoms in total. The van der Waals surface area contributed by atoms with Gasteiger partial charge in [-0.15, -0.1) is 4.90 Å². The second-order valence-corrected chi connectivity index (χ2v) is 7.19. The zero-order chi connectivity index (χ0) is 19.6. The van der Waals surface area contributed by atoms with Crippen LogP contribution >= 0.6 is 0 Å². The van der Waals surface area contributed by atoms with Crippen LogP contribution in [0.5, 0.6) is 0 Å². The maximum atomic E-state index is 12.7. The number of rotatable bonds is 2. The van der Waals surface area contributed by atoms with Crippen LogP contribution in [0.4, 0.5) is 28.5 Å². The van der Waals surface area contributed by atoms with Crippen molar-refractivity contribution >= 4 is 30.6 Å². The van der Waals surface area contributed by atoms with Gasteiger partial charge in [0.1, 0.15) is 11.2 Å². The Kier molecular flexibility index (Phi) is 5.71. The van der Waals surface area contributed by atoms with Crippen LogP contribution in [0.15, 0.2) is 12.4 Å². The van der Waals surface area contributed by atoms with E-state index < -0.39 is 41.8 Å². The molecule has 140 valence electrons. The SMILES string of the molecule is CC(C)(C)OC(=O)N(C(=O)OC(C)(C)C)c1ncc([B-](F)(F)F)cn1. The molecule has 0 fully saturated rings. The van der Waals surface area contributed by atoms with Crippen molar-refractivity contribution < 1.29 is 32.0 Å². The monoisotopic (exact) mass is 362 g/mol. The average Bonchev–Trinajstić information content (AvgIpc) is 2.33. The van der Waals surface area contributed by atoms with E-state index in [0.717, 1.165) is 0 Å². The van der Waals surface area contributed by atoms with E-state index in [-0.39, 0.29) is 0 Å². The van der Waals surface area contributed by atoms with Gasteiger partial charge in [0.25, 0.3) is 0 Å². The highest BCUT2D eigenvalue weighted by molar-refractivity contribution is 6.73. The molecule has 1 aromatic rings. The summed E-state index contributed by atoms with van der Waals surface area (Å²) in [5.41, 5.74) is -2.96. The second kappa shape index (κ2) is 6.89. The number of aromatic nitrogens is 2. The number of halogens is 3. The van der Waals surface area contributed by atoms with Gasteiger partial charge >= 0.3 is 19.2 Å². The number of carbonyl (C=O) groups is 2. The molecule has 25 heavy (non-hydrogen) atoms. The Bertz CT molecular complexity index is 609. The predicted octanol–water partition coefficient (Wildman–Crippen LogP) is 3.21. The lowest BCUT2D eigenvalue weighted by Crippen LogP contribution is -2.45. The first-order chi connectivity index (χ1) is 11.1. The molecule has 0 unspecified atom stereocenters. The minimum absolute atomic E-state index is 0.351. The zero-order valence-electron chi connectivity index (χ0n) is 14.8. The Hall–Kier alpha value is -2.33. The smallest absolute Gasteiger partial charge is 0.445 e. The molecule has 11 heteroatoms. The van der Waals surface area contributed by atoms with Gasteiger partial charge in [-0.2, -0.15) is 0 Å². The largest absolute Gasteiger partial charge is 0.512 e. The van der Waals surface area contributed by atoms with Crippen LogP contribution in [-0.2, 0) is 9.47 Å². The fourth-order valence-corrected chi connectivity index (χ4v) is 1.47. The molecule has 1 aromatic heterocycles. The van der Waals surface area contributed by atoms with Crippen molar-refractivity contribution in [1.82, 2.24) is 9.97 Å². The number of amides is 2. The van der Waals surface area contributed by atoms with Gasteiger partial charge in [-0.1, -0.05) is 5.46 Å². The molecule has 0 bridgehead atoms. The summed E-state index contributed by atoms with van der Waals surface area (Å²) in [6.45, 7) is 4.08. The second-order valence-electron chi connectivity index (χ2n) is 7.19. The molecule has 0 atom stereocenters. The summed E-state index contributed by atoms with van der Waals surface area (Å²) < 4.78 is 48.2. The lowest BCUT2D eigenvalue weighted by atomic mass is 9.83. The van der Waals surface area contributed by atoms with E-state index >= 15 is 0 Å². The van der Waals surface area contributed by atoms with Crippen molar-refractivity contribution in [2.75, 3.05) is 4.90 Å². The van der Waals surface area contributed by atoms with Crippen molar-refractivity contribution in [3.8, 4) is 0 Å². The van der Waals surface area contributed by atoms with E-state index in [1.54, 1.807) is 41.5 Å². The summed E-state index contributed by atoms with van der Waals surface area (Å²) >= 11 is 0. The third kappa shape index (κ3) is 6.59. The Balaban J connectivity index is 3.22. The van der Waals surface area contributed by atoms with Gasteiger partial charge in [-0.05, 0) is 41.5 Å². The molecule has 0 aliphatic carbocycles. The first-order valence-corrected chi connectivity index (χ1v) is 7.38. The van der Waals surface area contributed by atoms with Gasteiger partial charge in [0.2, 0.25) is 5.95 Å². The number of ether oxygens (including phenoxy) is 2. The fourth-order valence-electron chi connectivity index (χ4n) is 1.47. The number of anilines is 1. The van der Waals surface area contributed by atoms with E-state index in [0.29, 0.717) is 17.3 Å². The molecular weight excluding hydrogens is 342 g/mol. The molecule has 0 saturated heterocycles. The van der Waals surface area contributed by atoms with Crippen LogP contribution in [0.3, 0.4) is 0 Å². The maximum Gasteiger partial charge on any atom is 0.512 e. The summed E-state index contributed by atoms with van der Waals surface area (Å²) in [5, 5.41) is 0. The molecule has 1 heterocycles. The Morgan fingerprint density at radius 1 is 0.920 bits per heavy atom. The molecule has 0 radical (unpaired) electrons. The molecule has 0 spiro atoms. The van der Waals surface area contributed by atoms with E-state index in [9.17, 15) is 22.5 Å². The molecule has 0 aromatic carbocycles. The third-order valence-electron chi connectivity index (χ3n) is 2.39. The van der Waals surface area contributed by atoms with E-state index in [1.165, 1.54) is 0 Å². The van der Waals surface area contributed by atoms with Crippen LogP contribution in [0.2, 0.25) is 0 Å². The van der Waals surface area contributed by atoms with Crippen molar-refractivity contribution in [2.45, 2.75) is 52.7 Å². The molecule has 0 aliphatic rings. The van der Waals surface area contributed by atoms with E-state index in [2.05, 4.69) is 9.97 Å². The highest BCUT2D eigenvalue weighted by atomic mass is 19.4. The quantitative estimate of drug-likeness (QED) is 0.752. The number of nitrogens with zero attached hydrogens (tertiary/aromatic N) is 3. The third-order valence-corrected chi connectivity index (χ3v) is 2.39. The molecular formula is C14H20BF3N3O4-. The fraction of sp³-hybridized carbons (Fsp3) is 0.571. The maximum absolute atomic E-state index is 12.7. The van der Waals surface area contributed by atoms with Crippen LogP contribution in [0.25, 0.3) is 0 Å². The Morgan fingerprint density at radius 3 is 1.56 bits per heavy atom. The normalized spacial score (nSPS) is 12.5. The van der Waals surface area contributed by atoms with Gasteiger partial charge in [0, 0.05) is 12.4 Å². The average molecular weight is 362 g/mol. The number of hydrogen-bond acceptors (Lipinski definition) is 6. The summed E-state index contributed by atoms with van der Waals surface area (Å²) in [6.07, 6.45) is -1.34. The van der Waals surface area contributed by atoms with Gasteiger partial charge < -0.3 is 22.4 Å². The molecule has 1 rings (SSSR count). The van der Waals surface area contributed by atoms with E-state index in [1.807, 2.05) is 0 Å². The predicted molar refractivity (Wildman–Crippen MR) is 85.7 cm³/mol. The Morgan fingerprint density at radius 2 is 1.28 bits per heavy atom.